The lowest BCUT2D eigenvalue weighted by molar-refractivity contribution is 0.318. The van der Waals surface area contributed by atoms with Gasteiger partial charge < -0.3 is 15.7 Å². The molecular weight excluding hydrogens is 274 g/mol. The van der Waals surface area contributed by atoms with Crippen LogP contribution in [0.5, 0.6) is 5.75 Å². The summed E-state index contributed by atoms with van der Waals surface area (Å²) in [6.07, 6.45) is 0. The molecule has 0 aliphatic carbocycles. The quantitative estimate of drug-likeness (QED) is 0.391. The third-order valence-electron chi connectivity index (χ3n) is 2.60. The van der Waals surface area contributed by atoms with Crippen molar-refractivity contribution in [3.05, 3.63) is 47.7 Å². The Morgan fingerprint density at radius 3 is 2.85 bits per heavy atom. The normalized spacial score (nSPS) is 11.4. The molecule has 0 radical (unpaired) electrons. The second kappa shape index (κ2) is 6.29. The number of pyridine rings is 1. The number of hydrogen-bond donors (Lipinski definition) is 2. The second-order valence-electron chi connectivity index (χ2n) is 4.10. The molecule has 0 atom stereocenters. The van der Waals surface area contributed by atoms with Gasteiger partial charge in [-0.2, -0.15) is 0 Å². The number of rotatable bonds is 4. The highest BCUT2D eigenvalue weighted by molar-refractivity contribution is 7.99. The predicted molar refractivity (Wildman–Crippen MR) is 78.6 cm³/mol. The Kier molecular flexibility index (Phi) is 4.47. The lowest BCUT2D eigenvalue weighted by Crippen LogP contribution is -2.13. The number of nitrogens with two attached hydrogens (primary N) is 1. The summed E-state index contributed by atoms with van der Waals surface area (Å²) < 4.78 is 5.19. The summed E-state index contributed by atoms with van der Waals surface area (Å²) in [6.45, 7) is 1.86. The smallest absolute Gasteiger partial charge is 0.170 e. The van der Waals surface area contributed by atoms with Gasteiger partial charge in [-0.1, -0.05) is 23.0 Å². The summed E-state index contributed by atoms with van der Waals surface area (Å²) in [6, 6.07) is 11.3. The molecule has 0 saturated carbocycles. The van der Waals surface area contributed by atoms with Crippen LogP contribution in [0.2, 0.25) is 0 Å². The maximum Gasteiger partial charge on any atom is 0.170 e. The third kappa shape index (κ3) is 3.42. The molecule has 2 rings (SSSR count). The van der Waals surface area contributed by atoms with Crippen LogP contribution >= 0.6 is 11.8 Å². The van der Waals surface area contributed by atoms with E-state index in [9.17, 15) is 0 Å². The summed E-state index contributed by atoms with van der Waals surface area (Å²) in [5.41, 5.74) is 7.06. The zero-order valence-corrected chi connectivity index (χ0v) is 12.0. The Labute approximate surface area is 121 Å². The number of aryl methyl sites for hydroxylation is 1. The highest BCUT2D eigenvalue weighted by Crippen LogP contribution is 2.29. The van der Waals surface area contributed by atoms with Crippen molar-refractivity contribution >= 4 is 17.6 Å². The van der Waals surface area contributed by atoms with Crippen molar-refractivity contribution < 1.29 is 9.94 Å². The molecule has 0 aliphatic heterocycles. The largest absolute Gasteiger partial charge is 0.497 e. The van der Waals surface area contributed by atoms with Gasteiger partial charge in [0.05, 0.1) is 7.11 Å². The van der Waals surface area contributed by atoms with Gasteiger partial charge in [-0.25, -0.2) is 4.98 Å². The van der Waals surface area contributed by atoms with Crippen LogP contribution in [0.3, 0.4) is 0 Å². The van der Waals surface area contributed by atoms with Gasteiger partial charge in [0.15, 0.2) is 5.84 Å². The second-order valence-corrected chi connectivity index (χ2v) is 5.20. The molecule has 0 saturated heterocycles. The monoisotopic (exact) mass is 289 g/mol. The molecule has 6 heteroatoms. The molecule has 1 aromatic heterocycles. The van der Waals surface area contributed by atoms with E-state index in [1.54, 1.807) is 19.2 Å². The van der Waals surface area contributed by atoms with E-state index >= 15 is 0 Å². The van der Waals surface area contributed by atoms with Crippen molar-refractivity contribution in [3.63, 3.8) is 0 Å². The first-order valence-corrected chi connectivity index (χ1v) is 6.72. The minimum absolute atomic E-state index is 0.0722. The van der Waals surface area contributed by atoms with E-state index in [2.05, 4.69) is 10.1 Å². The van der Waals surface area contributed by atoms with Crippen molar-refractivity contribution in [3.8, 4) is 5.75 Å². The molecule has 0 spiro atoms. The zero-order chi connectivity index (χ0) is 14.5. The van der Waals surface area contributed by atoms with Crippen LogP contribution in [0.15, 0.2) is 51.5 Å². The standard InChI is InChI=1S/C14H15N3O2S/c1-9-6-10(14(15)17-18)7-13(16-9)20-12-5-3-4-11(8-12)19-2/h3-8,18H,1-2H3,(H2,15,17). The number of oxime groups is 1. The molecule has 20 heavy (non-hydrogen) atoms. The molecule has 3 N–H and O–H groups in total. The molecule has 0 bridgehead atoms. The van der Waals surface area contributed by atoms with Crippen LogP contribution in [0.25, 0.3) is 0 Å². The maximum atomic E-state index is 8.75. The van der Waals surface area contributed by atoms with Crippen LogP contribution < -0.4 is 10.5 Å². The predicted octanol–water partition coefficient (Wildman–Crippen LogP) is 2.64. The van der Waals surface area contributed by atoms with Crippen LogP contribution in [0, 0.1) is 6.92 Å². The summed E-state index contributed by atoms with van der Waals surface area (Å²) in [7, 11) is 1.63. The highest BCUT2D eigenvalue weighted by atomic mass is 32.2. The third-order valence-corrected chi connectivity index (χ3v) is 3.50. The van der Waals surface area contributed by atoms with Gasteiger partial charge in [-0.15, -0.1) is 0 Å². The summed E-state index contributed by atoms with van der Waals surface area (Å²) >= 11 is 1.49. The van der Waals surface area contributed by atoms with Gasteiger partial charge in [0.1, 0.15) is 10.8 Å². The molecule has 1 heterocycles. The number of nitrogens with zero attached hydrogens (tertiary/aromatic N) is 2. The molecule has 104 valence electrons. The number of methoxy groups -OCH3 is 1. The SMILES string of the molecule is COc1cccc(Sc2cc(/C(N)=N/O)cc(C)n2)c1. The minimum Gasteiger partial charge on any atom is -0.497 e. The lowest BCUT2D eigenvalue weighted by Gasteiger charge is -2.07. The number of hydrogen-bond acceptors (Lipinski definition) is 5. The van der Waals surface area contributed by atoms with Crippen LogP contribution in [-0.4, -0.2) is 23.1 Å². The molecule has 0 fully saturated rings. The lowest BCUT2D eigenvalue weighted by atomic mass is 10.2. The van der Waals surface area contributed by atoms with Gasteiger partial charge in [-0.3, -0.25) is 0 Å². The van der Waals surface area contributed by atoms with Crippen molar-refractivity contribution in [1.82, 2.24) is 4.98 Å². The average Bonchev–Trinajstić information content (AvgIpc) is 2.46. The molecule has 1 aromatic carbocycles. The fourth-order valence-corrected chi connectivity index (χ4v) is 2.62. The van der Waals surface area contributed by atoms with E-state index in [4.69, 9.17) is 15.7 Å². The first-order valence-electron chi connectivity index (χ1n) is 5.91. The molecule has 0 aliphatic rings. The Morgan fingerprint density at radius 1 is 1.35 bits per heavy atom. The summed E-state index contributed by atoms with van der Waals surface area (Å²) in [4.78, 5) is 5.44. The van der Waals surface area contributed by atoms with E-state index in [0.29, 0.717) is 5.56 Å². The van der Waals surface area contributed by atoms with Crippen LogP contribution in [-0.2, 0) is 0 Å². The number of ether oxygens (including phenoxy) is 1. The van der Waals surface area contributed by atoms with Gasteiger partial charge >= 0.3 is 0 Å². The van der Waals surface area contributed by atoms with E-state index in [1.165, 1.54) is 11.8 Å². The topological polar surface area (TPSA) is 80.7 Å². The Hall–Kier alpha value is -2.21. The van der Waals surface area contributed by atoms with Crippen molar-refractivity contribution in [2.75, 3.05) is 7.11 Å². The first-order chi connectivity index (χ1) is 9.62. The first kappa shape index (κ1) is 14.2. The molecule has 2 aromatic rings. The Balaban J connectivity index is 2.31. The van der Waals surface area contributed by atoms with E-state index in [-0.39, 0.29) is 5.84 Å². The zero-order valence-electron chi connectivity index (χ0n) is 11.2. The van der Waals surface area contributed by atoms with Gasteiger partial charge in [0.25, 0.3) is 0 Å². The van der Waals surface area contributed by atoms with Gasteiger partial charge in [0, 0.05) is 16.2 Å². The van der Waals surface area contributed by atoms with Gasteiger partial charge in [0.2, 0.25) is 0 Å². The van der Waals surface area contributed by atoms with Crippen molar-refractivity contribution in [2.45, 2.75) is 16.8 Å². The molecule has 0 unspecified atom stereocenters. The minimum atomic E-state index is 0.0722. The fraction of sp³-hybridized carbons (Fsp3) is 0.143. The fourth-order valence-electron chi connectivity index (χ4n) is 1.68. The van der Waals surface area contributed by atoms with Crippen LogP contribution in [0.1, 0.15) is 11.3 Å². The van der Waals surface area contributed by atoms with Crippen molar-refractivity contribution in [2.24, 2.45) is 10.9 Å². The summed E-state index contributed by atoms with van der Waals surface area (Å²) in [5.74, 6) is 0.863. The number of aromatic nitrogens is 1. The molecule has 5 nitrogen and oxygen atoms in total. The van der Waals surface area contributed by atoms with E-state index in [0.717, 1.165) is 21.4 Å². The van der Waals surface area contributed by atoms with Crippen LogP contribution in [0.4, 0.5) is 0 Å². The Morgan fingerprint density at radius 2 is 2.15 bits per heavy atom. The number of amidine groups is 1. The number of benzene rings is 1. The van der Waals surface area contributed by atoms with E-state index in [1.807, 2.05) is 31.2 Å². The van der Waals surface area contributed by atoms with Crippen molar-refractivity contribution in [1.29, 1.82) is 0 Å². The molecule has 0 amide bonds. The maximum absolute atomic E-state index is 8.75. The van der Waals surface area contributed by atoms with E-state index < -0.39 is 0 Å². The highest BCUT2D eigenvalue weighted by Gasteiger charge is 2.06. The average molecular weight is 289 g/mol. The summed E-state index contributed by atoms with van der Waals surface area (Å²) in [5, 5.41) is 12.5. The molecular formula is C14H15N3O2S. The van der Waals surface area contributed by atoms with Gasteiger partial charge in [-0.05, 0) is 37.3 Å². The Bertz CT molecular complexity index is 644.